The topological polar surface area (TPSA) is 168 Å². The fourth-order valence-electron chi connectivity index (χ4n) is 2.83. The van der Waals surface area contributed by atoms with Crippen molar-refractivity contribution in [3.05, 3.63) is 16.7 Å². The number of fused-ring (bicyclic) bond motifs is 1. The van der Waals surface area contributed by atoms with Gasteiger partial charge in [0.05, 0.1) is 33.9 Å². The molecule has 0 fully saturated rings. The average molecular weight is 409 g/mol. The summed E-state index contributed by atoms with van der Waals surface area (Å²) < 4.78 is 2.14. The Morgan fingerprint density at radius 3 is 2.59 bits per heavy atom. The SMILES string of the molecule is C[N+](C)(C)CC(O)CC(=O)NCCNC(=O)CCn1cnc2c(=O)[nH]c(N)nc21. The van der Waals surface area contributed by atoms with Gasteiger partial charge in [0, 0.05) is 26.1 Å². The first-order valence-electron chi connectivity index (χ1n) is 9.27. The summed E-state index contributed by atoms with van der Waals surface area (Å²) in [6.07, 6.45) is 0.883. The number of nitrogen functional groups attached to an aromatic ring is 1. The number of nitrogens with zero attached hydrogens (tertiary/aromatic N) is 4. The number of aryl methyl sites for hydroxylation is 1. The predicted molar refractivity (Wildman–Crippen MR) is 107 cm³/mol. The normalized spacial score (nSPS) is 12.7. The Balaban J connectivity index is 1.69. The van der Waals surface area contributed by atoms with Crippen LogP contribution in [0.1, 0.15) is 12.8 Å². The van der Waals surface area contributed by atoms with Gasteiger partial charge >= 0.3 is 0 Å². The van der Waals surface area contributed by atoms with Gasteiger partial charge in [-0.25, -0.2) is 4.98 Å². The van der Waals surface area contributed by atoms with E-state index >= 15 is 0 Å². The summed E-state index contributed by atoms with van der Waals surface area (Å²) in [6, 6.07) is 0. The molecular weight excluding hydrogens is 380 g/mol. The number of hydrogen-bond acceptors (Lipinski definition) is 7. The third-order valence-electron chi connectivity index (χ3n) is 4.02. The van der Waals surface area contributed by atoms with Crippen molar-refractivity contribution in [2.45, 2.75) is 25.5 Å². The van der Waals surface area contributed by atoms with Crippen molar-refractivity contribution in [2.24, 2.45) is 0 Å². The summed E-state index contributed by atoms with van der Waals surface area (Å²) in [5.41, 5.74) is 5.58. The Labute approximate surface area is 167 Å². The van der Waals surface area contributed by atoms with E-state index in [0.717, 1.165) is 0 Å². The highest BCUT2D eigenvalue weighted by molar-refractivity contribution is 5.77. The summed E-state index contributed by atoms with van der Waals surface area (Å²) >= 11 is 0. The molecule has 0 aliphatic carbocycles. The number of aliphatic hydroxyl groups is 1. The van der Waals surface area contributed by atoms with Crippen LogP contribution in [0.2, 0.25) is 0 Å². The first-order chi connectivity index (χ1) is 13.5. The molecule has 2 aromatic rings. The number of likely N-dealkylation sites (N-methyl/N-ethyl adjacent to an activating group) is 1. The molecule has 160 valence electrons. The second kappa shape index (κ2) is 9.47. The maximum absolute atomic E-state index is 12.0. The predicted octanol–water partition coefficient (Wildman–Crippen LogP) is -2.22. The standard InChI is InChI=1S/C17H28N8O4/c1-25(2,3)9-11(26)8-13(28)20-6-5-19-12(27)4-7-24-10-21-14-15(24)22-17(18)23-16(14)29/h10-11,26H,4-9H2,1-3H3,(H4-,18,19,20,22,23,27,28,29)/p+1. The molecule has 1 unspecified atom stereocenters. The van der Waals surface area contributed by atoms with Crippen LogP contribution in [0.15, 0.2) is 11.1 Å². The van der Waals surface area contributed by atoms with Gasteiger partial charge in [0.25, 0.3) is 5.56 Å². The Bertz CT molecular complexity index is 914. The quantitative estimate of drug-likeness (QED) is 0.219. The lowest BCUT2D eigenvalue weighted by molar-refractivity contribution is -0.873. The fourth-order valence-corrected chi connectivity index (χ4v) is 2.83. The van der Waals surface area contributed by atoms with Crippen molar-refractivity contribution in [3.8, 4) is 0 Å². The van der Waals surface area contributed by atoms with Crippen LogP contribution in [-0.2, 0) is 16.1 Å². The van der Waals surface area contributed by atoms with E-state index in [2.05, 4.69) is 25.6 Å². The molecule has 0 saturated carbocycles. The molecule has 0 saturated heterocycles. The van der Waals surface area contributed by atoms with Crippen LogP contribution >= 0.6 is 0 Å². The van der Waals surface area contributed by atoms with E-state index in [1.54, 1.807) is 4.57 Å². The number of carbonyl (C=O) groups is 2. The number of aromatic amines is 1. The van der Waals surface area contributed by atoms with Crippen LogP contribution < -0.4 is 21.9 Å². The number of amides is 2. The second-order valence-corrected chi connectivity index (χ2v) is 7.84. The first-order valence-corrected chi connectivity index (χ1v) is 9.27. The fraction of sp³-hybridized carbons (Fsp3) is 0.588. The lowest BCUT2D eigenvalue weighted by atomic mass is 10.2. The van der Waals surface area contributed by atoms with Crippen LogP contribution in [0.5, 0.6) is 0 Å². The molecule has 12 nitrogen and oxygen atoms in total. The molecule has 2 heterocycles. The van der Waals surface area contributed by atoms with Gasteiger partial charge in [-0.3, -0.25) is 19.4 Å². The number of nitrogens with one attached hydrogen (secondary N) is 3. The zero-order chi connectivity index (χ0) is 21.6. The molecule has 2 aromatic heterocycles. The van der Waals surface area contributed by atoms with Gasteiger partial charge in [0.2, 0.25) is 17.8 Å². The summed E-state index contributed by atoms with van der Waals surface area (Å²) in [5.74, 6) is -0.501. The van der Waals surface area contributed by atoms with Crippen molar-refractivity contribution >= 4 is 28.9 Å². The number of hydrogen-bond donors (Lipinski definition) is 5. The maximum atomic E-state index is 12.0. The monoisotopic (exact) mass is 409 g/mol. The number of rotatable bonds is 10. The molecule has 0 aliphatic heterocycles. The van der Waals surface area contributed by atoms with E-state index in [0.29, 0.717) is 16.7 Å². The number of aliphatic hydroxyl groups excluding tert-OH is 1. The summed E-state index contributed by atoms with van der Waals surface area (Å²) in [5, 5.41) is 15.2. The number of aromatic nitrogens is 4. The Hall–Kier alpha value is -2.99. The van der Waals surface area contributed by atoms with E-state index in [9.17, 15) is 19.5 Å². The number of nitrogens with two attached hydrogens (primary N) is 1. The lowest BCUT2D eigenvalue weighted by Gasteiger charge is -2.26. The average Bonchev–Trinajstić information content (AvgIpc) is 2.98. The number of imidazole rings is 1. The highest BCUT2D eigenvalue weighted by Gasteiger charge is 2.18. The van der Waals surface area contributed by atoms with Gasteiger partial charge in [-0.05, 0) is 0 Å². The Morgan fingerprint density at radius 2 is 1.93 bits per heavy atom. The van der Waals surface area contributed by atoms with Crippen molar-refractivity contribution < 1.29 is 19.2 Å². The molecule has 2 rings (SSSR count). The number of H-pyrrole nitrogens is 1. The molecular formula is C17H29N8O4+. The number of quaternary nitrogens is 1. The van der Waals surface area contributed by atoms with E-state index in [4.69, 9.17) is 5.73 Å². The van der Waals surface area contributed by atoms with Crippen LogP contribution in [0.25, 0.3) is 11.2 Å². The van der Waals surface area contributed by atoms with Gasteiger partial charge < -0.3 is 30.5 Å². The summed E-state index contributed by atoms with van der Waals surface area (Å²) in [7, 11) is 5.81. The van der Waals surface area contributed by atoms with Gasteiger partial charge in [-0.2, -0.15) is 4.98 Å². The van der Waals surface area contributed by atoms with E-state index in [-0.39, 0.29) is 55.8 Å². The zero-order valence-electron chi connectivity index (χ0n) is 16.9. The molecule has 1 atom stereocenters. The Kier molecular flexibility index (Phi) is 7.29. The highest BCUT2D eigenvalue weighted by atomic mass is 16.3. The molecule has 0 aliphatic rings. The molecule has 0 spiro atoms. The minimum Gasteiger partial charge on any atom is -0.387 e. The second-order valence-electron chi connectivity index (χ2n) is 7.84. The largest absolute Gasteiger partial charge is 0.387 e. The zero-order valence-corrected chi connectivity index (χ0v) is 16.9. The Morgan fingerprint density at radius 1 is 1.28 bits per heavy atom. The van der Waals surface area contributed by atoms with Crippen LogP contribution in [0.4, 0.5) is 5.95 Å². The third kappa shape index (κ3) is 7.16. The van der Waals surface area contributed by atoms with Crippen molar-refractivity contribution in [2.75, 3.05) is 46.5 Å². The van der Waals surface area contributed by atoms with Crippen LogP contribution in [0.3, 0.4) is 0 Å². The molecule has 0 radical (unpaired) electrons. The molecule has 6 N–H and O–H groups in total. The number of carbonyl (C=O) groups excluding carboxylic acids is 2. The molecule has 29 heavy (non-hydrogen) atoms. The first kappa shape index (κ1) is 22.3. The smallest absolute Gasteiger partial charge is 0.280 e. The molecule has 0 bridgehead atoms. The lowest BCUT2D eigenvalue weighted by Crippen LogP contribution is -2.43. The van der Waals surface area contributed by atoms with Crippen molar-refractivity contribution in [1.82, 2.24) is 30.2 Å². The third-order valence-corrected chi connectivity index (χ3v) is 4.02. The van der Waals surface area contributed by atoms with Crippen LogP contribution in [0, 0.1) is 0 Å². The number of anilines is 1. The molecule has 0 aromatic carbocycles. The molecule has 2 amide bonds. The van der Waals surface area contributed by atoms with E-state index in [1.165, 1.54) is 6.33 Å². The van der Waals surface area contributed by atoms with Gasteiger partial charge in [0.1, 0.15) is 12.6 Å². The van der Waals surface area contributed by atoms with Gasteiger partial charge in [-0.1, -0.05) is 0 Å². The highest BCUT2D eigenvalue weighted by Crippen LogP contribution is 2.07. The minimum absolute atomic E-state index is 0.0176. The van der Waals surface area contributed by atoms with Crippen molar-refractivity contribution in [3.63, 3.8) is 0 Å². The maximum Gasteiger partial charge on any atom is 0.280 e. The van der Waals surface area contributed by atoms with Gasteiger partial charge in [-0.15, -0.1) is 0 Å². The van der Waals surface area contributed by atoms with Crippen molar-refractivity contribution in [1.29, 1.82) is 0 Å². The summed E-state index contributed by atoms with van der Waals surface area (Å²) in [6.45, 7) is 1.29. The van der Waals surface area contributed by atoms with Crippen LogP contribution in [-0.4, -0.2) is 87.8 Å². The minimum atomic E-state index is -0.718. The van der Waals surface area contributed by atoms with Gasteiger partial charge in [0.15, 0.2) is 11.2 Å². The summed E-state index contributed by atoms with van der Waals surface area (Å²) in [4.78, 5) is 45.9. The van der Waals surface area contributed by atoms with E-state index in [1.807, 2.05) is 21.1 Å². The van der Waals surface area contributed by atoms with E-state index < -0.39 is 11.7 Å². The molecule has 12 heteroatoms.